The molecule has 0 saturated heterocycles. The molecule has 3 N–H and O–H groups in total. The van der Waals surface area contributed by atoms with Crippen molar-refractivity contribution in [3.8, 4) is 0 Å². The Bertz CT molecular complexity index is 1040. The Hall–Kier alpha value is -3.26. The second-order valence-corrected chi connectivity index (χ2v) is 7.75. The number of thiazole rings is 1. The van der Waals surface area contributed by atoms with Gasteiger partial charge in [-0.25, -0.2) is 4.98 Å². The molecule has 0 radical (unpaired) electrons. The third kappa shape index (κ3) is 6.38. The minimum Gasteiger partial charge on any atom is -0.328 e. The summed E-state index contributed by atoms with van der Waals surface area (Å²) in [6.07, 6.45) is 5.50. The van der Waals surface area contributed by atoms with Crippen molar-refractivity contribution < 1.29 is 9.59 Å². The molecule has 156 valence electrons. The predicted molar refractivity (Wildman–Crippen MR) is 119 cm³/mol. The highest BCUT2D eigenvalue weighted by Crippen LogP contribution is 2.18. The Kier molecular flexibility index (Phi) is 7.51. The van der Waals surface area contributed by atoms with Gasteiger partial charge in [-0.15, -0.1) is 11.3 Å². The molecule has 0 fully saturated rings. The van der Waals surface area contributed by atoms with Crippen molar-refractivity contribution in [3.05, 3.63) is 75.1 Å². The van der Waals surface area contributed by atoms with E-state index in [9.17, 15) is 14.4 Å². The number of anilines is 2. The van der Waals surface area contributed by atoms with Gasteiger partial charge in [-0.3, -0.25) is 19.7 Å². The SMILES string of the molecule is CCCCc1ccc(NC(=O)CCc2csc(NC(=O)c3ccc(=O)[nH]c3)n2)cc1. The summed E-state index contributed by atoms with van der Waals surface area (Å²) in [5.41, 5.74) is 2.86. The fourth-order valence-corrected chi connectivity index (χ4v) is 3.54. The van der Waals surface area contributed by atoms with Crippen LogP contribution in [0, 0.1) is 0 Å². The van der Waals surface area contributed by atoms with Crippen LogP contribution in [0.15, 0.2) is 52.8 Å². The van der Waals surface area contributed by atoms with Crippen molar-refractivity contribution in [3.63, 3.8) is 0 Å². The lowest BCUT2D eigenvalue weighted by Gasteiger charge is -2.06. The molecule has 0 atom stereocenters. The number of aromatic nitrogens is 2. The molecule has 0 aliphatic carbocycles. The number of benzene rings is 1. The molecular formula is C22H24N4O3S. The number of nitrogens with one attached hydrogen (secondary N) is 3. The van der Waals surface area contributed by atoms with Gasteiger partial charge in [-0.1, -0.05) is 25.5 Å². The van der Waals surface area contributed by atoms with Crippen LogP contribution < -0.4 is 16.2 Å². The van der Waals surface area contributed by atoms with Crippen LogP contribution in [-0.4, -0.2) is 21.8 Å². The minimum absolute atomic E-state index is 0.0804. The number of unbranched alkanes of at least 4 members (excludes halogenated alkanes) is 1. The van der Waals surface area contributed by atoms with E-state index >= 15 is 0 Å². The molecule has 0 bridgehead atoms. The number of carbonyl (C=O) groups is 2. The third-order valence-electron chi connectivity index (χ3n) is 4.48. The van der Waals surface area contributed by atoms with E-state index in [0.29, 0.717) is 23.5 Å². The standard InChI is InChI=1S/C22H24N4O3S/c1-2-3-4-15-5-8-17(9-6-15)24-20(28)12-10-18-14-30-22(25-18)26-21(29)16-7-11-19(27)23-13-16/h5-9,11,13-14H,2-4,10,12H2,1H3,(H,23,27)(H,24,28)(H,25,26,29). The van der Waals surface area contributed by atoms with Crippen LogP contribution in [0.1, 0.15) is 47.8 Å². The molecule has 0 spiro atoms. The van der Waals surface area contributed by atoms with Gasteiger partial charge in [0.15, 0.2) is 5.13 Å². The Labute approximate surface area is 178 Å². The van der Waals surface area contributed by atoms with E-state index in [2.05, 4.69) is 27.5 Å². The van der Waals surface area contributed by atoms with Crippen LogP contribution in [0.3, 0.4) is 0 Å². The number of hydrogen-bond acceptors (Lipinski definition) is 5. The Morgan fingerprint density at radius 3 is 2.57 bits per heavy atom. The third-order valence-corrected chi connectivity index (χ3v) is 5.29. The highest BCUT2D eigenvalue weighted by Gasteiger charge is 2.10. The summed E-state index contributed by atoms with van der Waals surface area (Å²) in [6, 6.07) is 10.7. The summed E-state index contributed by atoms with van der Waals surface area (Å²) in [6.45, 7) is 2.17. The number of nitrogens with zero attached hydrogens (tertiary/aromatic N) is 1. The van der Waals surface area contributed by atoms with Gasteiger partial charge in [0.25, 0.3) is 5.91 Å². The normalized spacial score (nSPS) is 10.6. The average Bonchev–Trinajstić information content (AvgIpc) is 3.19. The summed E-state index contributed by atoms with van der Waals surface area (Å²) in [5, 5.41) is 7.86. The van der Waals surface area contributed by atoms with Crippen molar-refractivity contribution in [1.29, 1.82) is 0 Å². The molecule has 3 aromatic rings. The van der Waals surface area contributed by atoms with E-state index in [1.165, 1.54) is 35.2 Å². The number of rotatable bonds is 9. The molecular weight excluding hydrogens is 400 g/mol. The lowest BCUT2D eigenvalue weighted by molar-refractivity contribution is -0.116. The first-order valence-electron chi connectivity index (χ1n) is 9.87. The second kappa shape index (κ2) is 10.5. The highest BCUT2D eigenvalue weighted by molar-refractivity contribution is 7.14. The summed E-state index contributed by atoms with van der Waals surface area (Å²) >= 11 is 1.29. The van der Waals surface area contributed by atoms with Gasteiger partial charge < -0.3 is 10.3 Å². The van der Waals surface area contributed by atoms with E-state index < -0.39 is 0 Å². The van der Waals surface area contributed by atoms with Crippen molar-refractivity contribution in [1.82, 2.24) is 9.97 Å². The smallest absolute Gasteiger partial charge is 0.258 e. The second-order valence-electron chi connectivity index (χ2n) is 6.89. The van der Waals surface area contributed by atoms with Gasteiger partial charge in [-0.05, 0) is 43.0 Å². The van der Waals surface area contributed by atoms with Gasteiger partial charge in [0.2, 0.25) is 11.5 Å². The Morgan fingerprint density at radius 1 is 1.07 bits per heavy atom. The maximum Gasteiger partial charge on any atom is 0.258 e. The van der Waals surface area contributed by atoms with Crippen molar-refractivity contribution >= 4 is 34.0 Å². The first-order chi connectivity index (χ1) is 14.5. The number of aryl methyl sites for hydroxylation is 2. The zero-order chi connectivity index (χ0) is 21.3. The number of aromatic amines is 1. The Morgan fingerprint density at radius 2 is 1.87 bits per heavy atom. The summed E-state index contributed by atoms with van der Waals surface area (Å²) in [7, 11) is 0. The van der Waals surface area contributed by atoms with Crippen LogP contribution in [0.5, 0.6) is 0 Å². The molecule has 1 aromatic carbocycles. The fourth-order valence-electron chi connectivity index (χ4n) is 2.80. The quantitative estimate of drug-likeness (QED) is 0.483. The van der Waals surface area contributed by atoms with Crippen LogP contribution in [0.25, 0.3) is 0 Å². The maximum absolute atomic E-state index is 12.2. The van der Waals surface area contributed by atoms with E-state index in [1.54, 1.807) is 0 Å². The minimum atomic E-state index is -0.354. The number of amides is 2. The first-order valence-corrected chi connectivity index (χ1v) is 10.7. The number of carbonyl (C=O) groups excluding carboxylic acids is 2. The molecule has 2 heterocycles. The molecule has 2 aromatic heterocycles. The van der Waals surface area contributed by atoms with E-state index in [1.807, 2.05) is 29.6 Å². The molecule has 30 heavy (non-hydrogen) atoms. The van der Waals surface area contributed by atoms with Crippen LogP contribution >= 0.6 is 11.3 Å². The van der Waals surface area contributed by atoms with Crippen LogP contribution in [-0.2, 0) is 17.6 Å². The number of H-pyrrole nitrogens is 1. The molecule has 0 saturated carbocycles. The van der Waals surface area contributed by atoms with E-state index in [4.69, 9.17) is 0 Å². The average molecular weight is 425 g/mol. The number of pyridine rings is 1. The summed E-state index contributed by atoms with van der Waals surface area (Å²) in [4.78, 5) is 42.2. The summed E-state index contributed by atoms with van der Waals surface area (Å²) in [5.74, 6) is -0.435. The largest absolute Gasteiger partial charge is 0.328 e. The van der Waals surface area contributed by atoms with Gasteiger partial charge in [-0.2, -0.15) is 0 Å². The van der Waals surface area contributed by atoms with Crippen LogP contribution in [0.4, 0.5) is 10.8 Å². The molecule has 0 aliphatic rings. The molecule has 0 aliphatic heterocycles. The van der Waals surface area contributed by atoms with E-state index in [0.717, 1.165) is 30.6 Å². The van der Waals surface area contributed by atoms with Gasteiger partial charge in [0.1, 0.15) is 0 Å². The predicted octanol–water partition coefficient (Wildman–Crippen LogP) is 4.00. The van der Waals surface area contributed by atoms with Crippen molar-refractivity contribution in [2.24, 2.45) is 0 Å². The topological polar surface area (TPSA) is 104 Å². The van der Waals surface area contributed by atoms with Crippen LogP contribution in [0.2, 0.25) is 0 Å². The molecule has 2 amide bonds. The highest BCUT2D eigenvalue weighted by atomic mass is 32.1. The molecule has 7 nitrogen and oxygen atoms in total. The summed E-state index contributed by atoms with van der Waals surface area (Å²) < 4.78 is 0. The first kappa shape index (κ1) is 21.4. The Balaban J connectivity index is 1.46. The van der Waals surface area contributed by atoms with Gasteiger partial charge in [0, 0.05) is 29.8 Å². The fraction of sp³-hybridized carbons (Fsp3) is 0.273. The molecule has 3 rings (SSSR count). The molecule has 8 heteroatoms. The monoisotopic (exact) mass is 424 g/mol. The molecule has 0 unspecified atom stereocenters. The van der Waals surface area contributed by atoms with Crippen molar-refractivity contribution in [2.75, 3.05) is 10.6 Å². The zero-order valence-electron chi connectivity index (χ0n) is 16.7. The number of hydrogen-bond donors (Lipinski definition) is 3. The lowest BCUT2D eigenvalue weighted by Crippen LogP contribution is -2.14. The van der Waals surface area contributed by atoms with Crippen molar-refractivity contribution in [2.45, 2.75) is 39.0 Å². The maximum atomic E-state index is 12.2. The zero-order valence-corrected chi connectivity index (χ0v) is 17.6. The van der Waals surface area contributed by atoms with Gasteiger partial charge >= 0.3 is 0 Å². The van der Waals surface area contributed by atoms with Gasteiger partial charge in [0.05, 0.1) is 11.3 Å². The lowest BCUT2D eigenvalue weighted by atomic mass is 10.1. The van der Waals surface area contributed by atoms with E-state index in [-0.39, 0.29) is 17.4 Å².